The molecule has 4 nitrogen and oxygen atoms in total. The van der Waals surface area contributed by atoms with Gasteiger partial charge in [-0.3, -0.25) is 0 Å². The average molecular weight is 176 g/mol. The van der Waals surface area contributed by atoms with Crippen LogP contribution < -0.4 is 0 Å². The molecule has 0 saturated heterocycles. The second-order valence-corrected chi connectivity index (χ2v) is 2.54. The van der Waals surface area contributed by atoms with E-state index < -0.39 is 6.10 Å². The molecule has 0 aliphatic heterocycles. The summed E-state index contributed by atoms with van der Waals surface area (Å²) in [6.07, 6.45) is -0.446. The molecule has 0 aromatic carbocycles. The molecule has 0 heterocycles. The molecule has 0 fully saturated rings. The van der Waals surface area contributed by atoms with Gasteiger partial charge in [0.2, 0.25) is 0 Å². The van der Waals surface area contributed by atoms with Crippen molar-refractivity contribution < 1.29 is 19.7 Å². The molecule has 72 valence electrons. The van der Waals surface area contributed by atoms with Crippen LogP contribution in [0.5, 0.6) is 0 Å². The van der Waals surface area contributed by atoms with Crippen molar-refractivity contribution in [1.82, 2.24) is 0 Å². The van der Waals surface area contributed by atoms with Crippen LogP contribution in [0.3, 0.4) is 0 Å². The highest BCUT2D eigenvalue weighted by Gasteiger charge is 1.95. The molecule has 0 spiro atoms. The first-order valence-electron chi connectivity index (χ1n) is 3.83. The molecule has 0 bridgehead atoms. The Hall–Kier alpha value is -0.580. The Morgan fingerprint density at radius 1 is 1.42 bits per heavy atom. The van der Waals surface area contributed by atoms with Gasteiger partial charge in [-0.15, -0.1) is 0 Å². The summed E-state index contributed by atoms with van der Waals surface area (Å²) in [7, 11) is 0. The summed E-state index contributed by atoms with van der Waals surface area (Å²) >= 11 is 0. The van der Waals surface area contributed by atoms with E-state index in [1.54, 1.807) is 6.92 Å². The molecular weight excluding hydrogens is 160 g/mol. The summed E-state index contributed by atoms with van der Waals surface area (Å²) in [5.41, 5.74) is 0. The van der Waals surface area contributed by atoms with Crippen molar-refractivity contribution in [2.45, 2.75) is 13.0 Å². The molecule has 2 N–H and O–H groups in total. The summed E-state index contributed by atoms with van der Waals surface area (Å²) in [6.45, 7) is 6.16. The Morgan fingerprint density at radius 2 is 2.00 bits per heavy atom. The molecular formula is C8H16O4. The largest absolute Gasteiger partial charge is 0.510 e. The number of aliphatic hydroxyl groups excluding tert-OH is 2. The molecule has 0 saturated carbocycles. The molecule has 0 amide bonds. The third-order valence-corrected chi connectivity index (χ3v) is 1.000. The minimum atomic E-state index is -0.446. The van der Waals surface area contributed by atoms with Crippen LogP contribution in [0.25, 0.3) is 0 Å². The smallest absolute Gasteiger partial charge is 0.111 e. The number of rotatable bonds is 7. The van der Waals surface area contributed by atoms with Crippen molar-refractivity contribution in [2.24, 2.45) is 0 Å². The maximum atomic E-state index is 8.78. The maximum absolute atomic E-state index is 8.78. The average Bonchev–Trinajstić information content (AvgIpc) is 1.95. The minimum Gasteiger partial charge on any atom is -0.510 e. The quantitative estimate of drug-likeness (QED) is 0.437. The van der Waals surface area contributed by atoms with E-state index in [1.807, 2.05) is 0 Å². The van der Waals surface area contributed by atoms with E-state index in [0.29, 0.717) is 19.8 Å². The van der Waals surface area contributed by atoms with Crippen LogP contribution in [0, 0.1) is 0 Å². The summed E-state index contributed by atoms with van der Waals surface area (Å²) in [5.74, 6) is 0.00512. The molecule has 4 heteroatoms. The Kier molecular flexibility index (Phi) is 6.75. The molecule has 0 aromatic rings. The molecule has 1 atom stereocenters. The van der Waals surface area contributed by atoms with Crippen LogP contribution >= 0.6 is 0 Å². The summed E-state index contributed by atoms with van der Waals surface area (Å²) in [5, 5.41) is 17.4. The van der Waals surface area contributed by atoms with Crippen LogP contribution in [0.4, 0.5) is 0 Å². The third-order valence-electron chi connectivity index (χ3n) is 1.000. The zero-order chi connectivity index (χ0) is 9.40. The van der Waals surface area contributed by atoms with Crippen molar-refractivity contribution in [3.8, 4) is 0 Å². The zero-order valence-corrected chi connectivity index (χ0v) is 7.32. The van der Waals surface area contributed by atoms with Gasteiger partial charge in [-0.2, -0.15) is 0 Å². The molecule has 12 heavy (non-hydrogen) atoms. The fraction of sp³-hybridized carbons (Fsp3) is 0.750. The third kappa shape index (κ3) is 9.42. The van der Waals surface area contributed by atoms with Crippen LogP contribution in [0.2, 0.25) is 0 Å². The van der Waals surface area contributed by atoms with Gasteiger partial charge in [-0.25, -0.2) is 0 Å². The van der Waals surface area contributed by atoms with Gasteiger partial charge in [0.05, 0.1) is 25.9 Å². The van der Waals surface area contributed by atoms with Crippen molar-refractivity contribution in [3.63, 3.8) is 0 Å². The van der Waals surface area contributed by atoms with Crippen molar-refractivity contribution in [1.29, 1.82) is 0 Å². The van der Waals surface area contributed by atoms with Gasteiger partial charge in [0.15, 0.2) is 0 Å². The number of hydrogen-bond acceptors (Lipinski definition) is 4. The fourth-order valence-electron chi connectivity index (χ4n) is 0.562. The first kappa shape index (κ1) is 11.4. The van der Waals surface area contributed by atoms with Gasteiger partial charge in [0.25, 0.3) is 0 Å². The summed E-state index contributed by atoms with van der Waals surface area (Å²) in [6, 6.07) is 0. The Balaban J connectivity index is 2.96. The SMILES string of the molecule is C=C(O)COCCOCC(C)O. The molecule has 0 rings (SSSR count). The summed E-state index contributed by atoms with van der Waals surface area (Å²) < 4.78 is 9.91. The Labute approximate surface area is 72.4 Å². The predicted octanol–water partition coefficient (Wildman–Crippen LogP) is 0.472. The lowest BCUT2D eigenvalue weighted by Crippen LogP contribution is -2.14. The highest BCUT2D eigenvalue weighted by Crippen LogP contribution is 1.86. The zero-order valence-electron chi connectivity index (χ0n) is 7.32. The normalized spacial score (nSPS) is 12.8. The van der Waals surface area contributed by atoms with E-state index in [9.17, 15) is 0 Å². The highest BCUT2D eigenvalue weighted by molar-refractivity contribution is 4.77. The number of aliphatic hydroxyl groups is 2. The summed E-state index contributed by atoms with van der Waals surface area (Å²) in [4.78, 5) is 0. The van der Waals surface area contributed by atoms with Crippen LogP contribution in [0.1, 0.15) is 6.92 Å². The Bertz CT molecular complexity index is 122. The highest BCUT2D eigenvalue weighted by atomic mass is 16.5. The van der Waals surface area contributed by atoms with Crippen molar-refractivity contribution >= 4 is 0 Å². The van der Waals surface area contributed by atoms with Crippen molar-refractivity contribution in [2.75, 3.05) is 26.4 Å². The van der Waals surface area contributed by atoms with Gasteiger partial charge < -0.3 is 19.7 Å². The standard InChI is InChI=1S/C8H16O4/c1-7(9)5-11-3-4-12-6-8(2)10/h8-10H,1,3-6H2,2H3. The lowest BCUT2D eigenvalue weighted by atomic mass is 10.4. The molecule has 0 radical (unpaired) electrons. The topological polar surface area (TPSA) is 58.9 Å². The first-order valence-corrected chi connectivity index (χ1v) is 3.83. The van der Waals surface area contributed by atoms with Gasteiger partial charge in [-0.1, -0.05) is 6.58 Å². The Morgan fingerprint density at radius 3 is 2.50 bits per heavy atom. The van der Waals surface area contributed by atoms with Crippen LogP contribution in [0.15, 0.2) is 12.3 Å². The monoisotopic (exact) mass is 176 g/mol. The van der Waals surface area contributed by atoms with Gasteiger partial charge in [0, 0.05) is 0 Å². The van der Waals surface area contributed by atoms with E-state index in [2.05, 4.69) is 6.58 Å². The van der Waals surface area contributed by atoms with E-state index in [-0.39, 0.29) is 12.4 Å². The van der Waals surface area contributed by atoms with E-state index in [4.69, 9.17) is 19.7 Å². The molecule has 0 aliphatic rings. The van der Waals surface area contributed by atoms with Gasteiger partial charge in [-0.05, 0) is 6.92 Å². The van der Waals surface area contributed by atoms with Gasteiger partial charge in [0.1, 0.15) is 12.4 Å². The number of hydrogen-bond donors (Lipinski definition) is 2. The fourth-order valence-corrected chi connectivity index (χ4v) is 0.562. The predicted molar refractivity (Wildman–Crippen MR) is 45.1 cm³/mol. The molecule has 1 unspecified atom stereocenters. The lowest BCUT2D eigenvalue weighted by molar-refractivity contribution is 0.00995. The maximum Gasteiger partial charge on any atom is 0.111 e. The van der Waals surface area contributed by atoms with Crippen LogP contribution in [-0.4, -0.2) is 42.7 Å². The first-order chi connectivity index (χ1) is 5.63. The minimum absolute atomic E-state index is 0.00512. The number of ether oxygens (including phenoxy) is 2. The molecule has 0 aliphatic carbocycles. The lowest BCUT2D eigenvalue weighted by Gasteiger charge is -2.06. The van der Waals surface area contributed by atoms with Crippen LogP contribution in [-0.2, 0) is 9.47 Å². The van der Waals surface area contributed by atoms with E-state index in [1.165, 1.54) is 0 Å². The second kappa shape index (κ2) is 7.09. The van der Waals surface area contributed by atoms with E-state index in [0.717, 1.165) is 0 Å². The molecule has 0 aromatic heterocycles. The van der Waals surface area contributed by atoms with Crippen molar-refractivity contribution in [3.05, 3.63) is 12.3 Å². The second-order valence-electron chi connectivity index (χ2n) is 2.54. The van der Waals surface area contributed by atoms with Gasteiger partial charge >= 0.3 is 0 Å². The van der Waals surface area contributed by atoms with E-state index >= 15 is 0 Å².